The number of nitrogens with one attached hydrogen (secondary N) is 1. The number of hydrogen-bond acceptors (Lipinski definition) is 5. The van der Waals surface area contributed by atoms with Crippen molar-refractivity contribution >= 4 is 16.7 Å². The number of nitriles is 1. The van der Waals surface area contributed by atoms with E-state index >= 15 is 0 Å². The van der Waals surface area contributed by atoms with E-state index < -0.39 is 6.04 Å². The van der Waals surface area contributed by atoms with Crippen molar-refractivity contribution in [3.05, 3.63) is 83.9 Å². The molecule has 164 valence electrons. The van der Waals surface area contributed by atoms with Crippen molar-refractivity contribution < 1.29 is 14.3 Å². The van der Waals surface area contributed by atoms with Crippen LogP contribution >= 0.6 is 0 Å². The van der Waals surface area contributed by atoms with Gasteiger partial charge in [-0.2, -0.15) is 5.26 Å². The van der Waals surface area contributed by atoms with Gasteiger partial charge in [-0.15, -0.1) is 6.58 Å². The van der Waals surface area contributed by atoms with Crippen LogP contribution < -0.4 is 14.8 Å². The lowest BCUT2D eigenvalue weighted by molar-refractivity contribution is -0.132. The van der Waals surface area contributed by atoms with Gasteiger partial charge >= 0.3 is 0 Å². The number of fused-ring (bicyclic) bond motifs is 1. The van der Waals surface area contributed by atoms with E-state index in [1.54, 1.807) is 32.2 Å². The van der Waals surface area contributed by atoms with Crippen LogP contribution in [0.3, 0.4) is 0 Å². The maximum absolute atomic E-state index is 13.5. The second kappa shape index (κ2) is 10.5. The highest BCUT2D eigenvalue weighted by Crippen LogP contribution is 2.33. The van der Waals surface area contributed by atoms with E-state index in [-0.39, 0.29) is 12.5 Å². The molecule has 1 amide bonds. The van der Waals surface area contributed by atoms with Crippen LogP contribution in [0.4, 0.5) is 0 Å². The Hall–Kier alpha value is -3.82. The number of carbonyl (C=O) groups excluding carboxylic acids is 1. The van der Waals surface area contributed by atoms with Crippen molar-refractivity contribution in [1.82, 2.24) is 10.2 Å². The van der Waals surface area contributed by atoms with Crippen LogP contribution in [0.25, 0.3) is 10.8 Å². The molecule has 0 saturated carbocycles. The fourth-order valence-corrected chi connectivity index (χ4v) is 3.78. The quantitative estimate of drug-likeness (QED) is 0.516. The lowest BCUT2D eigenvalue weighted by Crippen LogP contribution is -2.38. The van der Waals surface area contributed by atoms with Gasteiger partial charge in [0.25, 0.3) is 0 Å². The number of likely N-dealkylation sites (N-methyl/N-ethyl adjacent to an activating group) is 1. The first-order valence-corrected chi connectivity index (χ1v) is 10.3. The zero-order valence-electron chi connectivity index (χ0n) is 18.6. The van der Waals surface area contributed by atoms with Crippen molar-refractivity contribution in [2.45, 2.75) is 12.6 Å². The first-order chi connectivity index (χ1) is 15.5. The lowest BCUT2D eigenvalue weighted by Gasteiger charge is -2.26. The van der Waals surface area contributed by atoms with E-state index in [1.807, 2.05) is 54.6 Å². The molecule has 0 bridgehead atoms. The van der Waals surface area contributed by atoms with Gasteiger partial charge in [0.05, 0.1) is 19.8 Å². The summed E-state index contributed by atoms with van der Waals surface area (Å²) < 4.78 is 10.9. The van der Waals surface area contributed by atoms with E-state index in [0.717, 1.165) is 21.9 Å². The van der Waals surface area contributed by atoms with Crippen molar-refractivity contribution in [2.24, 2.45) is 0 Å². The van der Waals surface area contributed by atoms with E-state index in [0.29, 0.717) is 23.6 Å². The monoisotopic (exact) mass is 429 g/mol. The number of amides is 1. The van der Waals surface area contributed by atoms with Crippen LogP contribution in [0, 0.1) is 11.3 Å². The van der Waals surface area contributed by atoms with Crippen molar-refractivity contribution in [1.29, 1.82) is 5.26 Å². The van der Waals surface area contributed by atoms with Gasteiger partial charge in [-0.1, -0.05) is 42.5 Å². The van der Waals surface area contributed by atoms with Gasteiger partial charge in [0.15, 0.2) is 0 Å². The van der Waals surface area contributed by atoms with Crippen molar-refractivity contribution in [3.63, 3.8) is 0 Å². The summed E-state index contributed by atoms with van der Waals surface area (Å²) >= 11 is 0. The first kappa shape index (κ1) is 22.9. The normalized spacial score (nSPS) is 11.4. The maximum Gasteiger partial charge on any atom is 0.244 e. The Balaban J connectivity index is 1.99. The number of hydrogen-bond donors (Lipinski definition) is 1. The van der Waals surface area contributed by atoms with E-state index in [4.69, 9.17) is 9.47 Å². The molecule has 3 aromatic rings. The summed E-state index contributed by atoms with van der Waals surface area (Å²) in [6, 6.07) is 18.7. The van der Waals surface area contributed by atoms with Crippen LogP contribution in [0.5, 0.6) is 11.5 Å². The second-order valence-electron chi connectivity index (χ2n) is 7.37. The average Bonchev–Trinajstić information content (AvgIpc) is 2.83. The number of ether oxygens (including phenoxy) is 2. The molecule has 0 spiro atoms. The molecule has 0 aromatic heterocycles. The molecule has 1 N–H and O–H groups in total. The first-order valence-electron chi connectivity index (χ1n) is 10.3. The highest BCUT2D eigenvalue weighted by molar-refractivity contribution is 5.91. The second-order valence-corrected chi connectivity index (χ2v) is 7.37. The van der Waals surface area contributed by atoms with E-state index in [1.165, 1.54) is 0 Å². The predicted molar refractivity (Wildman–Crippen MR) is 126 cm³/mol. The Labute approximate surface area is 188 Å². The Morgan fingerprint density at radius 2 is 1.97 bits per heavy atom. The molecule has 0 aliphatic heterocycles. The fourth-order valence-electron chi connectivity index (χ4n) is 3.78. The van der Waals surface area contributed by atoms with Gasteiger partial charge in [-0.05, 0) is 34.5 Å². The van der Waals surface area contributed by atoms with Crippen LogP contribution in [-0.4, -0.2) is 38.6 Å². The van der Waals surface area contributed by atoms with Crippen LogP contribution in [0.1, 0.15) is 22.7 Å². The molecule has 0 fully saturated rings. The SMILES string of the molecule is C=CCNC(C(=O)N(C)Cc1c(OC)c(C#N)cc2ccccc12)c1cccc(OC)c1. The highest BCUT2D eigenvalue weighted by Gasteiger charge is 2.25. The smallest absolute Gasteiger partial charge is 0.244 e. The van der Waals surface area contributed by atoms with Gasteiger partial charge in [-0.3, -0.25) is 10.1 Å². The molecule has 3 aromatic carbocycles. The Morgan fingerprint density at radius 3 is 2.66 bits per heavy atom. The molecule has 0 aliphatic rings. The molecule has 6 heteroatoms. The molecule has 6 nitrogen and oxygen atoms in total. The minimum absolute atomic E-state index is 0.117. The molecule has 32 heavy (non-hydrogen) atoms. The lowest BCUT2D eigenvalue weighted by atomic mass is 9.98. The standard InChI is InChI=1S/C26H27N3O3/c1-5-13-28-24(19-10-8-11-21(15-19)31-3)26(30)29(2)17-23-22-12-7-6-9-18(22)14-20(16-27)25(23)32-4/h5-12,14-15,24,28H,1,13,17H2,2-4H3. The predicted octanol–water partition coefficient (Wildman–Crippen LogP) is 4.20. The summed E-state index contributed by atoms with van der Waals surface area (Å²) in [5.41, 5.74) is 2.04. The Morgan fingerprint density at radius 1 is 1.19 bits per heavy atom. The van der Waals surface area contributed by atoms with Crippen LogP contribution in [0.15, 0.2) is 67.3 Å². The zero-order chi connectivity index (χ0) is 23.1. The summed E-state index contributed by atoms with van der Waals surface area (Å²) in [7, 11) is 4.89. The molecule has 1 atom stereocenters. The topological polar surface area (TPSA) is 74.6 Å². The summed E-state index contributed by atoms with van der Waals surface area (Å²) in [6.45, 7) is 4.50. The molecular weight excluding hydrogens is 402 g/mol. The molecule has 0 heterocycles. The van der Waals surface area contributed by atoms with Crippen LogP contribution in [0.2, 0.25) is 0 Å². The number of carbonyl (C=O) groups is 1. The van der Waals surface area contributed by atoms with Crippen molar-refractivity contribution in [2.75, 3.05) is 27.8 Å². The minimum Gasteiger partial charge on any atom is -0.497 e. The van der Waals surface area contributed by atoms with E-state index in [2.05, 4.69) is 18.0 Å². The Kier molecular flexibility index (Phi) is 7.48. The van der Waals surface area contributed by atoms with Gasteiger partial charge in [0.2, 0.25) is 5.91 Å². The zero-order valence-corrected chi connectivity index (χ0v) is 18.6. The summed E-state index contributed by atoms with van der Waals surface area (Å²) in [5.74, 6) is 1.05. The number of benzene rings is 3. The average molecular weight is 430 g/mol. The largest absolute Gasteiger partial charge is 0.497 e. The minimum atomic E-state index is -0.579. The molecule has 3 rings (SSSR count). The molecule has 0 radical (unpaired) electrons. The van der Waals surface area contributed by atoms with Gasteiger partial charge < -0.3 is 14.4 Å². The molecule has 1 unspecified atom stereocenters. The van der Waals surface area contributed by atoms with Gasteiger partial charge in [0.1, 0.15) is 23.6 Å². The molecular formula is C26H27N3O3. The Bertz CT molecular complexity index is 1170. The maximum atomic E-state index is 13.5. The summed E-state index contributed by atoms with van der Waals surface area (Å²) in [6.07, 6.45) is 1.72. The molecule has 0 saturated heterocycles. The third-order valence-electron chi connectivity index (χ3n) is 5.34. The highest BCUT2D eigenvalue weighted by atomic mass is 16.5. The molecule has 0 aliphatic carbocycles. The summed E-state index contributed by atoms with van der Waals surface area (Å²) in [4.78, 5) is 15.2. The third kappa shape index (κ3) is 4.74. The van der Waals surface area contributed by atoms with Gasteiger partial charge in [-0.25, -0.2) is 0 Å². The number of rotatable bonds is 9. The number of nitrogens with zero attached hydrogens (tertiary/aromatic N) is 2. The number of methoxy groups -OCH3 is 2. The fraction of sp³-hybridized carbons (Fsp3) is 0.231. The van der Waals surface area contributed by atoms with E-state index in [9.17, 15) is 10.1 Å². The van der Waals surface area contributed by atoms with Crippen LogP contribution in [-0.2, 0) is 11.3 Å². The van der Waals surface area contributed by atoms with Crippen molar-refractivity contribution in [3.8, 4) is 17.6 Å². The van der Waals surface area contributed by atoms with Gasteiger partial charge in [0, 0.05) is 25.7 Å². The summed E-state index contributed by atoms with van der Waals surface area (Å²) in [5, 5.41) is 14.7. The third-order valence-corrected chi connectivity index (χ3v) is 5.34.